The van der Waals surface area contributed by atoms with Crippen molar-refractivity contribution in [2.75, 3.05) is 6.61 Å². The molecule has 4 nitrogen and oxygen atoms in total. The maximum absolute atomic E-state index is 11.7. The van der Waals surface area contributed by atoms with E-state index in [-0.39, 0.29) is 18.0 Å². The van der Waals surface area contributed by atoms with E-state index in [1.807, 2.05) is 26.0 Å². The average Bonchev–Trinajstić information content (AvgIpc) is 3.02. The van der Waals surface area contributed by atoms with E-state index in [9.17, 15) is 4.79 Å². The zero-order chi connectivity index (χ0) is 16.0. The predicted octanol–water partition coefficient (Wildman–Crippen LogP) is 2.56. The molecule has 2 unspecified atom stereocenters. The van der Waals surface area contributed by atoms with Crippen LogP contribution in [-0.2, 0) is 19.0 Å². The minimum Gasteiger partial charge on any atom is -0.460 e. The van der Waals surface area contributed by atoms with Gasteiger partial charge in [-0.05, 0) is 36.8 Å². The lowest BCUT2D eigenvalue weighted by Gasteiger charge is -2.20. The van der Waals surface area contributed by atoms with E-state index in [0.717, 1.165) is 0 Å². The van der Waals surface area contributed by atoms with Gasteiger partial charge in [-0.1, -0.05) is 25.7 Å². The van der Waals surface area contributed by atoms with Gasteiger partial charge >= 0.3 is 5.97 Å². The molecule has 22 heavy (non-hydrogen) atoms. The van der Waals surface area contributed by atoms with Gasteiger partial charge in [0.1, 0.15) is 11.9 Å². The Morgan fingerprint density at radius 3 is 3.09 bits per heavy atom. The molecule has 2 atom stereocenters. The largest absolute Gasteiger partial charge is 0.460 e. The average molecular weight is 300 g/mol. The third-order valence-electron chi connectivity index (χ3n) is 3.17. The van der Waals surface area contributed by atoms with Crippen molar-refractivity contribution >= 4 is 5.97 Å². The molecule has 2 aliphatic heterocycles. The van der Waals surface area contributed by atoms with Gasteiger partial charge in [0.25, 0.3) is 0 Å². The number of esters is 1. The van der Waals surface area contributed by atoms with Gasteiger partial charge in [0.15, 0.2) is 0 Å². The van der Waals surface area contributed by atoms with Gasteiger partial charge in [-0.25, -0.2) is 0 Å². The number of hydrogen-bond donors (Lipinski definition) is 0. The summed E-state index contributed by atoms with van der Waals surface area (Å²) in [6, 6.07) is 0. The van der Waals surface area contributed by atoms with Crippen molar-refractivity contribution in [2.24, 2.45) is 5.92 Å². The first-order valence-corrected chi connectivity index (χ1v) is 7.37. The fraction of sp³-hybridized carbons (Fsp3) is 0.500. The number of carbonyl (C=O) groups excluding carboxylic acids is 1. The van der Waals surface area contributed by atoms with Crippen LogP contribution in [0.5, 0.6) is 0 Å². The molecule has 1 fully saturated rings. The first-order chi connectivity index (χ1) is 10.5. The summed E-state index contributed by atoms with van der Waals surface area (Å²) in [6.45, 7) is 6.04. The Labute approximate surface area is 131 Å². The Bertz CT molecular complexity index is 606. The topological polar surface area (TPSA) is 44.8 Å². The molecule has 0 bridgehead atoms. The van der Waals surface area contributed by atoms with Crippen LogP contribution in [-0.4, -0.2) is 24.5 Å². The molecule has 1 spiro atoms. The molecule has 1 saturated heterocycles. The predicted molar refractivity (Wildman–Crippen MR) is 82.2 cm³/mol. The van der Waals surface area contributed by atoms with Crippen LogP contribution in [0.3, 0.4) is 0 Å². The highest BCUT2D eigenvalue weighted by Crippen LogP contribution is 2.37. The van der Waals surface area contributed by atoms with Gasteiger partial charge < -0.3 is 14.2 Å². The van der Waals surface area contributed by atoms with E-state index >= 15 is 0 Å². The van der Waals surface area contributed by atoms with Crippen molar-refractivity contribution in [3.05, 3.63) is 24.0 Å². The number of hydrogen-bond acceptors (Lipinski definition) is 4. The molecule has 0 N–H and O–H groups in total. The smallest absolute Gasteiger partial charge is 0.306 e. The standard InChI is InChI=1S/C18H20O4/c1-4-5-6-7-8-15-9-10-18(22-15)12-16(13-20-18)21-17(19)11-14(2)3/h8-10,14,16H,11-13H2,1-3H3. The highest BCUT2D eigenvalue weighted by Gasteiger charge is 2.45. The van der Waals surface area contributed by atoms with E-state index < -0.39 is 5.79 Å². The monoisotopic (exact) mass is 300 g/mol. The van der Waals surface area contributed by atoms with Crippen LogP contribution >= 0.6 is 0 Å². The van der Waals surface area contributed by atoms with Crippen LogP contribution in [0.25, 0.3) is 0 Å². The number of ether oxygens (including phenoxy) is 3. The maximum atomic E-state index is 11.7. The lowest BCUT2D eigenvalue weighted by atomic mass is 10.1. The molecule has 0 saturated carbocycles. The van der Waals surface area contributed by atoms with E-state index in [2.05, 4.69) is 23.7 Å². The van der Waals surface area contributed by atoms with Crippen LogP contribution < -0.4 is 0 Å². The molecule has 0 aliphatic carbocycles. The SMILES string of the molecule is CC#CC#CC=C1C=CC2(CC(OC(=O)CC(C)C)CO2)O1. The highest BCUT2D eigenvalue weighted by molar-refractivity contribution is 5.69. The minimum atomic E-state index is -0.827. The fourth-order valence-electron chi connectivity index (χ4n) is 2.26. The maximum Gasteiger partial charge on any atom is 0.306 e. The van der Waals surface area contributed by atoms with Crippen molar-refractivity contribution < 1.29 is 19.0 Å². The summed E-state index contributed by atoms with van der Waals surface area (Å²) in [5, 5.41) is 0. The van der Waals surface area contributed by atoms with Gasteiger partial charge in [0, 0.05) is 12.5 Å². The summed E-state index contributed by atoms with van der Waals surface area (Å²) in [5.41, 5.74) is 0. The molecule has 2 heterocycles. The second kappa shape index (κ2) is 7.20. The van der Waals surface area contributed by atoms with Crippen molar-refractivity contribution in [3.8, 4) is 23.7 Å². The lowest BCUT2D eigenvalue weighted by Crippen LogP contribution is -2.26. The van der Waals surface area contributed by atoms with Gasteiger partial charge in [0.2, 0.25) is 5.79 Å². The van der Waals surface area contributed by atoms with Crippen molar-refractivity contribution in [2.45, 2.75) is 45.5 Å². The molecule has 2 rings (SSSR count). The Morgan fingerprint density at radius 1 is 1.55 bits per heavy atom. The Balaban J connectivity index is 1.88. The molecule has 0 aromatic carbocycles. The number of carbonyl (C=O) groups is 1. The third kappa shape index (κ3) is 4.41. The Morgan fingerprint density at radius 2 is 2.36 bits per heavy atom. The number of allylic oxidation sites excluding steroid dienone is 2. The molecule has 4 heteroatoms. The van der Waals surface area contributed by atoms with Crippen molar-refractivity contribution in [1.82, 2.24) is 0 Å². The molecule has 0 amide bonds. The molecule has 0 radical (unpaired) electrons. The minimum absolute atomic E-state index is 0.192. The van der Waals surface area contributed by atoms with Gasteiger partial charge in [-0.2, -0.15) is 0 Å². The van der Waals surface area contributed by atoms with Crippen LogP contribution in [0, 0.1) is 29.6 Å². The van der Waals surface area contributed by atoms with E-state index in [0.29, 0.717) is 25.2 Å². The van der Waals surface area contributed by atoms with Crippen molar-refractivity contribution in [1.29, 1.82) is 0 Å². The first-order valence-electron chi connectivity index (χ1n) is 7.37. The molecular weight excluding hydrogens is 280 g/mol. The summed E-state index contributed by atoms with van der Waals surface area (Å²) in [7, 11) is 0. The molecule has 116 valence electrons. The van der Waals surface area contributed by atoms with E-state index in [4.69, 9.17) is 14.2 Å². The fourth-order valence-corrected chi connectivity index (χ4v) is 2.26. The summed E-state index contributed by atoms with van der Waals surface area (Å²) in [6.07, 6.45) is 5.94. The third-order valence-corrected chi connectivity index (χ3v) is 3.17. The molecular formula is C18H20O4. The van der Waals surface area contributed by atoms with Crippen LogP contribution in [0.4, 0.5) is 0 Å². The normalized spacial score (nSPS) is 27.3. The molecule has 2 aliphatic rings. The summed E-state index contributed by atoms with van der Waals surface area (Å²) in [4.78, 5) is 11.7. The first kappa shape index (κ1) is 16.2. The van der Waals surface area contributed by atoms with Crippen LogP contribution in [0.1, 0.15) is 33.6 Å². The molecule has 0 aromatic rings. The summed E-state index contributed by atoms with van der Waals surface area (Å²) < 4.78 is 16.9. The second-order valence-electron chi connectivity index (χ2n) is 5.66. The van der Waals surface area contributed by atoms with E-state index in [1.165, 1.54) is 0 Å². The summed E-state index contributed by atoms with van der Waals surface area (Å²) in [5.74, 6) is 10.7. The van der Waals surface area contributed by atoms with Crippen molar-refractivity contribution in [3.63, 3.8) is 0 Å². The Kier molecular flexibility index (Phi) is 5.31. The van der Waals surface area contributed by atoms with Gasteiger partial charge in [0.05, 0.1) is 13.0 Å². The lowest BCUT2D eigenvalue weighted by molar-refractivity contribution is -0.149. The zero-order valence-electron chi connectivity index (χ0n) is 13.1. The highest BCUT2D eigenvalue weighted by atomic mass is 16.7. The van der Waals surface area contributed by atoms with Crippen LogP contribution in [0.15, 0.2) is 24.0 Å². The zero-order valence-corrected chi connectivity index (χ0v) is 13.1. The van der Waals surface area contributed by atoms with Gasteiger partial charge in [-0.15, -0.1) is 0 Å². The quantitative estimate of drug-likeness (QED) is 0.593. The number of rotatable bonds is 3. The summed E-state index contributed by atoms with van der Waals surface area (Å²) >= 11 is 0. The molecule has 0 aromatic heterocycles. The van der Waals surface area contributed by atoms with E-state index in [1.54, 1.807) is 13.0 Å². The Hall–Kier alpha value is -2.17. The van der Waals surface area contributed by atoms with Gasteiger partial charge in [-0.3, -0.25) is 4.79 Å². The second-order valence-corrected chi connectivity index (χ2v) is 5.66. The van der Waals surface area contributed by atoms with Crippen LogP contribution in [0.2, 0.25) is 0 Å².